The number of halogens is 1. The lowest BCUT2D eigenvalue weighted by Gasteiger charge is -2.08. The number of nitrogens with zero attached hydrogens (tertiary/aromatic N) is 4. The van der Waals surface area contributed by atoms with E-state index in [0.29, 0.717) is 6.67 Å². The fourth-order valence-electron chi connectivity index (χ4n) is 1.28. The summed E-state index contributed by atoms with van der Waals surface area (Å²) in [6.07, 6.45) is 2.76. The summed E-state index contributed by atoms with van der Waals surface area (Å²) in [5, 5.41) is 16.1. The van der Waals surface area contributed by atoms with Crippen molar-refractivity contribution in [2.24, 2.45) is 5.10 Å². The number of anilines is 1. The Morgan fingerprint density at radius 1 is 1.44 bits per heavy atom. The molecule has 16 heavy (non-hydrogen) atoms. The molecule has 0 atom stereocenters. The zero-order valence-electron chi connectivity index (χ0n) is 8.50. The smallest absolute Gasteiger partial charge is 0.544 e. The predicted octanol–water partition coefficient (Wildman–Crippen LogP) is -1.87. The van der Waals surface area contributed by atoms with Crippen molar-refractivity contribution in [1.29, 1.82) is 0 Å². The minimum atomic E-state index is -0.421. The molecule has 0 saturated heterocycles. The van der Waals surface area contributed by atoms with Crippen LogP contribution in [0.3, 0.4) is 0 Å². The van der Waals surface area contributed by atoms with E-state index < -0.39 is 4.92 Å². The van der Waals surface area contributed by atoms with Crippen LogP contribution in [0.1, 0.15) is 0 Å². The normalized spacial score (nSPS) is 13.3. The summed E-state index contributed by atoms with van der Waals surface area (Å²) in [5.41, 5.74) is 0.900. The summed E-state index contributed by atoms with van der Waals surface area (Å²) in [7, 11) is 1.86. The molecule has 0 unspecified atom stereocenters. The van der Waals surface area contributed by atoms with Crippen molar-refractivity contribution in [2.75, 3.05) is 18.7 Å². The second-order valence-corrected chi connectivity index (χ2v) is 3.21. The molecule has 6 nitrogen and oxygen atoms in total. The average molecular weight is 332 g/mol. The van der Waals surface area contributed by atoms with Gasteiger partial charge in [-0.3, -0.25) is 10.1 Å². The van der Waals surface area contributed by atoms with Crippen molar-refractivity contribution >= 4 is 17.7 Å². The zero-order chi connectivity index (χ0) is 10.8. The number of nitro benzene ring substituents is 1. The van der Waals surface area contributed by atoms with E-state index in [2.05, 4.69) is 11.4 Å². The van der Waals surface area contributed by atoms with Crippen LogP contribution in [0.4, 0.5) is 11.4 Å². The molecule has 1 heterocycles. The second-order valence-electron chi connectivity index (χ2n) is 3.21. The lowest BCUT2D eigenvalue weighted by atomic mass is 10.3. The van der Waals surface area contributed by atoms with Crippen molar-refractivity contribution in [3.63, 3.8) is 0 Å². The Bertz CT molecular complexity index is 406. The molecule has 1 aromatic carbocycles. The molecule has 2 rings (SSSR count). The van der Waals surface area contributed by atoms with Gasteiger partial charge < -0.3 is 24.0 Å². The summed E-state index contributed by atoms with van der Waals surface area (Å²) < 4.78 is 0. The quantitative estimate of drug-likeness (QED) is 0.276. The molecule has 0 spiro atoms. The standard InChI is InChI=1S/C9H9N4O2.HI/c1-11-6-10-12(7-11)8-2-4-9(5-3-8)13(14)15;/h2-5H,7H2,1H3;1H/q+1;/p-1. The van der Waals surface area contributed by atoms with Crippen molar-refractivity contribution in [1.82, 2.24) is 4.90 Å². The fourth-order valence-corrected chi connectivity index (χ4v) is 1.28. The van der Waals surface area contributed by atoms with Crippen molar-refractivity contribution in [3.05, 3.63) is 34.4 Å². The van der Waals surface area contributed by atoms with Gasteiger partial charge in [-0.15, -0.1) is 4.90 Å². The van der Waals surface area contributed by atoms with Gasteiger partial charge in [-0.1, -0.05) is 0 Å². The Hall–Kier alpha value is -1.47. The largest absolute Gasteiger partial charge is 1.00 e. The molecule has 0 saturated carbocycles. The molecular weight excluding hydrogens is 323 g/mol. The Kier molecular flexibility index (Phi) is 3.97. The van der Waals surface area contributed by atoms with Gasteiger partial charge in [-0.05, 0) is 12.1 Å². The Morgan fingerprint density at radius 2 is 2.06 bits per heavy atom. The maximum atomic E-state index is 10.4. The molecule has 84 valence electrons. The van der Waals surface area contributed by atoms with E-state index in [0.717, 1.165) is 5.69 Å². The topological polar surface area (TPSA) is 62.0 Å². The zero-order valence-corrected chi connectivity index (χ0v) is 10.7. The van der Waals surface area contributed by atoms with E-state index in [1.165, 1.54) is 12.1 Å². The molecule has 0 bridgehead atoms. The molecule has 0 N–H and O–H groups in total. The average Bonchev–Trinajstić information content (AvgIpc) is 2.65. The van der Waals surface area contributed by atoms with Gasteiger partial charge in [-0.25, -0.2) is 0 Å². The monoisotopic (exact) mass is 332 g/mol. The minimum absolute atomic E-state index is 0. The van der Waals surface area contributed by atoms with Crippen LogP contribution in [-0.2, 0) is 0 Å². The molecule has 0 amide bonds. The van der Waals surface area contributed by atoms with Crippen LogP contribution in [0.25, 0.3) is 0 Å². The first-order valence-corrected chi connectivity index (χ1v) is 4.36. The first-order chi connectivity index (χ1) is 7.16. The number of hydrazone groups is 1. The lowest BCUT2D eigenvalue weighted by molar-refractivity contribution is -0.384. The van der Waals surface area contributed by atoms with Crippen LogP contribution >= 0.6 is 0 Å². The molecule has 1 aliphatic heterocycles. The highest BCUT2D eigenvalue weighted by molar-refractivity contribution is 5.63. The lowest BCUT2D eigenvalue weighted by Crippen LogP contribution is -3.00. The predicted molar refractivity (Wildman–Crippen MR) is 55.6 cm³/mol. The molecular formula is C9H9IN4O2. The summed E-state index contributed by atoms with van der Waals surface area (Å²) >= 11 is 0. The Balaban J connectivity index is 0.00000128. The van der Waals surface area contributed by atoms with E-state index in [4.69, 9.17) is 0 Å². The molecule has 0 aliphatic carbocycles. The highest BCUT2D eigenvalue weighted by atomic mass is 127. The van der Waals surface area contributed by atoms with Gasteiger partial charge in [-0.2, -0.15) is 5.01 Å². The number of non-ortho nitro benzene ring substituents is 1. The third-order valence-electron chi connectivity index (χ3n) is 2.04. The molecule has 7 heteroatoms. The van der Waals surface area contributed by atoms with Gasteiger partial charge in [0.15, 0.2) is 6.67 Å². The molecule has 1 aliphatic rings. The van der Waals surface area contributed by atoms with Crippen molar-refractivity contribution in [3.8, 4) is 0 Å². The maximum Gasteiger partial charge on any atom is 0.544 e. The minimum Gasteiger partial charge on any atom is -1.00 e. The SMILES string of the molecule is CN1[C+]=NN(c2ccc([N+](=O)[O-])cc2)C1.[I-]. The summed E-state index contributed by atoms with van der Waals surface area (Å²) in [5.74, 6) is 0. The van der Waals surface area contributed by atoms with Gasteiger partial charge >= 0.3 is 6.34 Å². The van der Waals surface area contributed by atoms with E-state index in [-0.39, 0.29) is 29.7 Å². The summed E-state index contributed by atoms with van der Waals surface area (Å²) in [6, 6.07) is 6.26. The molecule has 0 radical (unpaired) electrons. The first-order valence-electron chi connectivity index (χ1n) is 4.36. The van der Waals surface area contributed by atoms with Crippen LogP contribution in [-0.4, -0.2) is 29.9 Å². The molecule has 1 aromatic rings. The number of nitro groups is 1. The van der Waals surface area contributed by atoms with Crippen LogP contribution in [0.2, 0.25) is 0 Å². The van der Waals surface area contributed by atoms with E-state index >= 15 is 0 Å². The van der Waals surface area contributed by atoms with Crippen molar-refractivity contribution in [2.45, 2.75) is 0 Å². The molecule has 0 fully saturated rings. The fraction of sp³-hybridized carbons (Fsp3) is 0.222. The van der Waals surface area contributed by atoms with E-state index in [1.807, 2.05) is 7.05 Å². The summed E-state index contributed by atoms with van der Waals surface area (Å²) in [6.45, 7) is 0.609. The van der Waals surface area contributed by atoms with Crippen molar-refractivity contribution < 1.29 is 28.9 Å². The van der Waals surface area contributed by atoms with Crippen LogP contribution in [0, 0.1) is 10.1 Å². The van der Waals surface area contributed by atoms with Gasteiger partial charge in [0.1, 0.15) is 5.10 Å². The highest BCUT2D eigenvalue weighted by Crippen LogP contribution is 2.20. The Labute approximate surface area is 110 Å². The van der Waals surface area contributed by atoms with Gasteiger partial charge in [0.25, 0.3) is 5.69 Å². The number of rotatable bonds is 2. The number of hydrogen-bond acceptors (Lipinski definition) is 5. The number of benzene rings is 1. The molecule has 0 aromatic heterocycles. The van der Waals surface area contributed by atoms with Crippen LogP contribution < -0.4 is 29.0 Å². The first kappa shape index (κ1) is 12.6. The summed E-state index contributed by atoms with van der Waals surface area (Å²) in [4.78, 5) is 11.8. The second kappa shape index (κ2) is 5.04. The van der Waals surface area contributed by atoms with E-state index in [9.17, 15) is 10.1 Å². The van der Waals surface area contributed by atoms with Crippen LogP contribution in [0.15, 0.2) is 29.4 Å². The maximum absolute atomic E-state index is 10.4. The highest BCUT2D eigenvalue weighted by Gasteiger charge is 2.24. The van der Waals surface area contributed by atoms with E-state index in [1.54, 1.807) is 22.0 Å². The third-order valence-corrected chi connectivity index (χ3v) is 2.04. The third kappa shape index (κ3) is 2.56. The van der Waals surface area contributed by atoms with Gasteiger partial charge in [0, 0.05) is 12.1 Å². The number of hydrogen-bond donors (Lipinski definition) is 0. The van der Waals surface area contributed by atoms with Gasteiger partial charge in [0.05, 0.1) is 17.7 Å². The Morgan fingerprint density at radius 3 is 2.50 bits per heavy atom. The van der Waals surface area contributed by atoms with Gasteiger partial charge in [0.2, 0.25) is 0 Å². The van der Waals surface area contributed by atoms with Crippen LogP contribution in [0.5, 0.6) is 0 Å².